The summed E-state index contributed by atoms with van der Waals surface area (Å²) in [5, 5.41) is 9.01. The molecule has 19 heavy (non-hydrogen) atoms. The Morgan fingerprint density at radius 3 is 2.47 bits per heavy atom. The minimum atomic E-state index is -3.66. The second-order valence-corrected chi connectivity index (χ2v) is 6.27. The second kappa shape index (κ2) is 6.45. The van der Waals surface area contributed by atoms with E-state index in [-0.39, 0.29) is 16.5 Å². The average molecular weight is 289 g/mol. The van der Waals surface area contributed by atoms with Gasteiger partial charge in [-0.25, -0.2) is 12.8 Å². The molecule has 0 heterocycles. The van der Waals surface area contributed by atoms with Gasteiger partial charge in [-0.1, -0.05) is 13.8 Å². The van der Waals surface area contributed by atoms with Crippen LogP contribution in [-0.4, -0.2) is 30.4 Å². The zero-order chi connectivity index (χ0) is 14.6. The van der Waals surface area contributed by atoms with Crippen molar-refractivity contribution in [3.8, 4) is 0 Å². The molecule has 1 aromatic carbocycles. The summed E-state index contributed by atoms with van der Waals surface area (Å²) in [7, 11) is -3.66. The van der Waals surface area contributed by atoms with Gasteiger partial charge in [-0.2, -0.15) is 4.31 Å². The van der Waals surface area contributed by atoms with E-state index in [1.807, 2.05) is 13.8 Å². The molecule has 4 nitrogen and oxygen atoms in total. The first-order valence-corrected chi connectivity index (χ1v) is 7.73. The fourth-order valence-corrected chi connectivity index (χ4v) is 3.66. The van der Waals surface area contributed by atoms with Crippen LogP contribution in [0.4, 0.5) is 4.39 Å². The third-order valence-electron chi connectivity index (χ3n) is 3.19. The molecule has 0 spiro atoms. The molecule has 0 aliphatic heterocycles. The Labute approximate surface area is 113 Å². The highest BCUT2D eigenvalue weighted by molar-refractivity contribution is 7.89. The number of aliphatic hydroxyl groups is 1. The van der Waals surface area contributed by atoms with Crippen molar-refractivity contribution in [3.63, 3.8) is 0 Å². The Kier molecular flexibility index (Phi) is 5.46. The predicted molar refractivity (Wildman–Crippen MR) is 71.6 cm³/mol. The van der Waals surface area contributed by atoms with Crippen LogP contribution in [0.15, 0.2) is 23.1 Å². The molecule has 0 aromatic heterocycles. The van der Waals surface area contributed by atoms with Gasteiger partial charge in [0.15, 0.2) is 0 Å². The molecule has 1 unspecified atom stereocenters. The van der Waals surface area contributed by atoms with Gasteiger partial charge < -0.3 is 5.11 Å². The van der Waals surface area contributed by atoms with Crippen molar-refractivity contribution in [2.45, 2.75) is 44.7 Å². The van der Waals surface area contributed by atoms with E-state index in [4.69, 9.17) is 5.11 Å². The van der Waals surface area contributed by atoms with Gasteiger partial charge in [0.2, 0.25) is 10.0 Å². The van der Waals surface area contributed by atoms with E-state index in [1.165, 1.54) is 16.4 Å². The molecule has 108 valence electrons. The highest BCUT2D eigenvalue weighted by Crippen LogP contribution is 2.21. The first kappa shape index (κ1) is 16.1. The van der Waals surface area contributed by atoms with Crippen molar-refractivity contribution in [3.05, 3.63) is 29.6 Å². The van der Waals surface area contributed by atoms with E-state index in [0.717, 1.165) is 6.07 Å². The number of rotatable bonds is 6. The summed E-state index contributed by atoms with van der Waals surface area (Å²) >= 11 is 0. The summed E-state index contributed by atoms with van der Waals surface area (Å²) in [6.07, 6.45) is 0.696. The Bertz CT molecular complexity index is 531. The molecule has 0 radical (unpaired) electrons. The fourth-order valence-electron chi connectivity index (χ4n) is 1.89. The predicted octanol–water partition coefficient (Wildman–Crippen LogP) is 2.13. The van der Waals surface area contributed by atoms with Crippen molar-refractivity contribution in [2.75, 3.05) is 6.54 Å². The second-order valence-electron chi connectivity index (χ2n) is 4.38. The van der Waals surface area contributed by atoms with Crippen LogP contribution in [0, 0.1) is 5.82 Å². The summed E-state index contributed by atoms with van der Waals surface area (Å²) in [5.41, 5.74) is -0.0127. The quantitative estimate of drug-likeness (QED) is 0.872. The molecule has 0 saturated carbocycles. The van der Waals surface area contributed by atoms with E-state index in [9.17, 15) is 12.8 Å². The van der Waals surface area contributed by atoms with Gasteiger partial charge in [0.25, 0.3) is 0 Å². The number of hydrogen-bond acceptors (Lipinski definition) is 3. The van der Waals surface area contributed by atoms with Gasteiger partial charge in [-0.3, -0.25) is 0 Å². The lowest BCUT2D eigenvalue weighted by Gasteiger charge is -2.26. The number of hydrogen-bond donors (Lipinski definition) is 1. The van der Waals surface area contributed by atoms with Gasteiger partial charge in [0.05, 0.1) is 11.5 Å². The number of sulfonamides is 1. The van der Waals surface area contributed by atoms with Gasteiger partial charge in [0, 0.05) is 18.2 Å². The lowest BCUT2D eigenvalue weighted by atomic mass is 10.2. The van der Waals surface area contributed by atoms with Crippen LogP contribution in [0.3, 0.4) is 0 Å². The van der Waals surface area contributed by atoms with E-state index >= 15 is 0 Å². The van der Waals surface area contributed by atoms with Gasteiger partial charge in [-0.15, -0.1) is 0 Å². The third kappa shape index (κ3) is 3.32. The summed E-state index contributed by atoms with van der Waals surface area (Å²) in [4.78, 5) is 0.0140. The average Bonchev–Trinajstić information content (AvgIpc) is 2.39. The number of aliphatic hydroxyl groups excluding tert-OH is 1. The van der Waals surface area contributed by atoms with Crippen LogP contribution in [0.1, 0.15) is 32.8 Å². The molecule has 1 rings (SSSR count). The standard InChI is InChI=1S/C13H20FNO3S/c1-4-10(3)15(5-2)19(17,18)12-6-7-13(14)11(8-12)9-16/h6-8,10,16H,4-5,9H2,1-3H3. The van der Waals surface area contributed by atoms with Crippen molar-refractivity contribution >= 4 is 10.0 Å². The number of benzene rings is 1. The highest BCUT2D eigenvalue weighted by atomic mass is 32.2. The monoisotopic (exact) mass is 289 g/mol. The first-order chi connectivity index (χ1) is 8.88. The third-order valence-corrected chi connectivity index (χ3v) is 5.27. The summed E-state index contributed by atoms with van der Waals surface area (Å²) in [5.74, 6) is -0.604. The Hall–Kier alpha value is -0.980. The molecule has 0 amide bonds. The van der Waals surface area contributed by atoms with Gasteiger partial charge in [-0.05, 0) is 31.5 Å². The molecule has 1 atom stereocenters. The zero-order valence-corrected chi connectivity index (χ0v) is 12.2. The maximum Gasteiger partial charge on any atom is 0.243 e. The van der Waals surface area contributed by atoms with Crippen LogP contribution in [0.2, 0.25) is 0 Å². The lowest BCUT2D eigenvalue weighted by molar-refractivity contribution is 0.275. The summed E-state index contributed by atoms with van der Waals surface area (Å²) < 4.78 is 39.6. The summed E-state index contributed by atoms with van der Waals surface area (Å²) in [6.45, 7) is 5.33. The SMILES string of the molecule is CCC(C)N(CC)S(=O)(=O)c1ccc(F)c(CO)c1. The van der Waals surface area contributed by atoms with Crippen LogP contribution in [0.25, 0.3) is 0 Å². The van der Waals surface area contributed by atoms with E-state index < -0.39 is 22.4 Å². The Balaban J connectivity index is 3.26. The molecule has 1 N–H and O–H groups in total. The maximum absolute atomic E-state index is 13.3. The molecule has 6 heteroatoms. The minimum Gasteiger partial charge on any atom is -0.392 e. The zero-order valence-electron chi connectivity index (χ0n) is 11.4. The normalized spacial score (nSPS) is 13.8. The van der Waals surface area contributed by atoms with Gasteiger partial charge >= 0.3 is 0 Å². The molecule has 0 aliphatic carbocycles. The molecule has 0 bridgehead atoms. The topological polar surface area (TPSA) is 57.6 Å². The number of nitrogens with zero attached hydrogens (tertiary/aromatic N) is 1. The largest absolute Gasteiger partial charge is 0.392 e. The van der Waals surface area contributed by atoms with Crippen molar-refractivity contribution in [2.24, 2.45) is 0 Å². The first-order valence-electron chi connectivity index (χ1n) is 6.29. The van der Waals surface area contributed by atoms with Crippen molar-refractivity contribution < 1.29 is 17.9 Å². The van der Waals surface area contributed by atoms with E-state index in [0.29, 0.717) is 13.0 Å². The Morgan fingerprint density at radius 1 is 1.37 bits per heavy atom. The Morgan fingerprint density at radius 2 is 2.00 bits per heavy atom. The molecule has 1 aromatic rings. The van der Waals surface area contributed by atoms with Crippen molar-refractivity contribution in [1.29, 1.82) is 0 Å². The van der Waals surface area contributed by atoms with Gasteiger partial charge in [0.1, 0.15) is 5.82 Å². The molecule has 0 aliphatic rings. The number of halogens is 1. The van der Waals surface area contributed by atoms with Crippen LogP contribution in [0.5, 0.6) is 0 Å². The van der Waals surface area contributed by atoms with Crippen LogP contribution >= 0.6 is 0 Å². The van der Waals surface area contributed by atoms with Crippen LogP contribution < -0.4 is 0 Å². The highest BCUT2D eigenvalue weighted by Gasteiger charge is 2.27. The maximum atomic E-state index is 13.3. The fraction of sp³-hybridized carbons (Fsp3) is 0.538. The molecular formula is C13H20FNO3S. The smallest absolute Gasteiger partial charge is 0.243 e. The van der Waals surface area contributed by atoms with E-state index in [1.54, 1.807) is 6.92 Å². The molecular weight excluding hydrogens is 269 g/mol. The summed E-state index contributed by atoms with van der Waals surface area (Å²) in [6, 6.07) is 3.37. The lowest BCUT2D eigenvalue weighted by Crippen LogP contribution is -2.38. The van der Waals surface area contributed by atoms with E-state index in [2.05, 4.69) is 0 Å². The minimum absolute atomic E-state index is 0.0127. The molecule has 0 saturated heterocycles. The van der Waals surface area contributed by atoms with Crippen LogP contribution in [-0.2, 0) is 16.6 Å². The molecule has 0 fully saturated rings. The van der Waals surface area contributed by atoms with Crippen molar-refractivity contribution in [1.82, 2.24) is 4.31 Å².